The molecule has 1 heterocycles. The van der Waals surface area contributed by atoms with Crippen molar-refractivity contribution in [1.29, 1.82) is 0 Å². The van der Waals surface area contributed by atoms with E-state index in [1.807, 2.05) is 42.5 Å². The van der Waals surface area contributed by atoms with E-state index >= 15 is 0 Å². The van der Waals surface area contributed by atoms with Gasteiger partial charge in [-0.25, -0.2) is 0 Å². The number of rotatable bonds is 4. The maximum Gasteiger partial charge on any atom is 0.118 e. The van der Waals surface area contributed by atoms with E-state index in [0.29, 0.717) is 0 Å². The molecule has 0 aliphatic carbocycles. The molecular formula is C17H16O2. The summed E-state index contributed by atoms with van der Waals surface area (Å²) in [7, 11) is 1.67. The van der Waals surface area contributed by atoms with Gasteiger partial charge in [0.1, 0.15) is 18.0 Å². The first kappa shape index (κ1) is 12.0. The molecule has 3 rings (SSSR count). The van der Waals surface area contributed by atoms with Gasteiger partial charge >= 0.3 is 0 Å². The van der Waals surface area contributed by atoms with Gasteiger partial charge in [0.25, 0.3) is 0 Å². The number of epoxide rings is 1. The SMILES string of the molecule is C=C(c1ccc(OC)cc1)[C@@H]1O[C@H]1c1ccccc1. The van der Waals surface area contributed by atoms with E-state index in [9.17, 15) is 0 Å². The Bertz CT molecular complexity index is 572. The minimum atomic E-state index is 0.0933. The van der Waals surface area contributed by atoms with Crippen molar-refractivity contribution in [2.24, 2.45) is 0 Å². The average molecular weight is 252 g/mol. The average Bonchev–Trinajstić information content (AvgIpc) is 3.28. The van der Waals surface area contributed by atoms with E-state index in [0.717, 1.165) is 16.9 Å². The third-order valence-corrected chi connectivity index (χ3v) is 3.42. The smallest absolute Gasteiger partial charge is 0.118 e. The summed E-state index contributed by atoms with van der Waals surface area (Å²) in [5, 5.41) is 0. The van der Waals surface area contributed by atoms with Crippen molar-refractivity contribution in [3.05, 3.63) is 72.3 Å². The standard InChI is InChI=1S/C17H16O2/c1-12(13-8-10-15(18-2)11-9-13)16-17(19-16)14-6-4-3-5-7-14/h3-11,16-17H,1H2,2H3/t16-,17-/m0/s1. The highest BCUT2D eigenvalue weighted by atomic mass is 16.6. The second kappa shape index (κ2) is 4.90. The lowest BCUT2D eigenvalue weighted by atomic mass is 10.00. The molecule has 19 heavy (non-hydrogen) atoms. The minimum Gasteiger partial charge on any atom is -0.497 e. The molecule has 0 N–H and O–H groups in total. The molecule has 0 spiro atoms. The zero-order valence-electron chi connectivity index (χ0n) is 10.9. The first-order chi connectivity index (χ1) is 9.29. The van der Waals surface area contributed by atoms with Crippen molar-refractivity contribution in [3.63, 3.8) is 0 Å². The van der Waals surface area contributed by atoms with E-state index in [1.54, 1.807) is 7.11 Å². The lowest BCUT2D eigenvalue weighted by Crippen LogP contribution is -1.93. The Morgan fingerprint density at radius 2 is 1.74 bits per heavy atom. The Hall–Kier alpha value is -2.06. The normalized spacial score (nSPS) is 20.9. The number of hydrogen-bond acceptors (Lipinski definition) is 2. The van der Waals surface area contributed by atoms with E-state index in [-0.39, 0.29) is 12.2 Å². The number of benzene rings is 2. The molecule has 2 heteroatoms. The molecule has 96 valence electrons. The molecule has 2 atom stereocenters. The van der Waals surface area contributed by atoms with Crippen LogP contribution in [0.2, 0.25) is 0 Å². The molecular weight excluding hydrogens is 236 g/mol. The van der Waals surface area contributed by atoms with Crippen molar-refractivity contribution in [3.8, 4) is 5.75 Å². The van der Waals surface area contributed by atoms with Gasteiger partial charge in [0.2, 0.25) is 0 Å². The molecule has 0 saturated carbocycles. The van der Waals surface area contributed by atoms with Gasteiger partial charge in [-0.05, 0) is 28.8 Å². The Morgan fingerprint density at radius 3 is 2.37 bits per heavy atom. The molecule has 2 aromatic carbocycles. The van der Waals surface area contributed by atoms with Crippen LogP contribution in [0.3, 0.4) is 0 Å². The van der Waals surface area contributed by atoms with Crippen LogP contribution in [0, 0.1) is 0 Å². The van der Waals surface area contributed by atoms with Gasteiger partial charge in [-0.3, -0.25) is 0 Å². The van der Waals surface area contributed by atoms with Crippen molar-refractivity contribution < 1.29 is 9.47 Å². The van der Waals surface area contributed by atoms with Gasteiger partial charge < -0.3 is 9.47 Å². The summed E-state index contributed by atoms with van der Waals surface area (Å²) in [6, 6.07) is 18.2. The fraction of sp³-hybridized carbons (Fsp3) is 0.176. The lowest BCUT2D eigenvalue weighted by Gasteiger charge is -2.04. The molecule has 1 fully saturated rings. The second-order valence-corrected chi connectivity index (χ2v) is 4.64. The number of hydrogen-bond donors (Lipinski definition) is 0. The molecule has 0 unspecified atom stereocenters. The van der Waals surface area contributed by atoms with Gasteiger partial charge in [-0.15, -0.1) is 0 Å². The molecule has 1 aliphatic heterocycles. The maximum atomic E-state index is 5.75. The number of methoxy groups -OCH3 is 1. The topological polar surface area (TPSA) is 21.8 Å². The zero-order chi connectivity index (χ0) is 13.2. The summed E-state index contributed by atoms with van der Waals surface area (Å²) in [5.74, 6) is 0.855. The Morgan fingerprint density at radius 1 is 1.05 bits per heavy atom. The monoisotopic (exact) mass is 252 g/mol. The van der Waals surface area contributed by atoms with Crippen molar-refractivity contribution in [2.75, 3.05) is 7.11 Å². The van der Waals surface area contributed by atoms with Crippen molar-refractivity contribution >= 4 is 5.57 Å². The van der Waals surface area contributed by atoms with Gasteiger partial charge in [0, 0.05) is 0 Å². The Balaban J connectivity index is 1.72. The first-order valence-electron chi connectivity index (χ1n) is 6.33. The summed E-state index contributed by atoms with van der Waals surface area (Å²) in [4.78, 5) is 0. The fourth-order valence-corrected chi connectivity index (χ4v) is 2.24. The zero-order valence-corrected chi connectivity index (χ0v) is 10.9. The van der Waals surface area contributed by atoms with Crippen molar-refractivity contribution in [2.45, 2.75) is 12.2 Å². The second-order valence-electron chi connectivity index (χ2n) is 4.64. The first-order valence-corrected chi connectivity index (χ1v) is 6.33. The molecule has 2 nitrogen and oxygen atoms in total. The molecule has 1 aliphatic rings. The van der Waals surface area contributed by atoms with Crippen LogP contribution in [-0.2, 0) is 4.74 Å². The summed E-state index contributed by atoms with van der Waals surface area (Å²) >= 11 is 0. The highest BCUT2D eigenvalue weighted by molar-refractivity contribution is 5.70. The largest absolute Gasteiger partial charge is 0.497 e. The predicted octanol–water partition coefficient (Wildman–Crippen LogP) is 3.85. The van der Waals surface area contributed by atoms with Crippen LogP contribution in [0.15, 0.2) is 61.2 Å². The molecule has 2 aromatic rings. The van der Waals surface area contributed by atoms with Crippen LogP contribution >= 0.6 is 0 Å². The van der Waals surface area contributed by atoms with Gasteiger partial charge in [-0.1, -0.05) is 49.0 Å². The number of ether oxygens (including phenoxy) is 2. The minimum absolute atomic E-state index is 0.0933. The highest BCUT2D eigenvalue weighted by Gasteiger charge is 2.42. The molecule has 0 radical (unpaired) electrons. The summed E-state index contributed by atoms with van der Waals surface area (Å²) in [5.41, 5.74) is 3.34. The summed E-state index contributed by atoms with van der Waals surface area (Å²) in [6.45, 7) is 4.15. The summed E-state index contributed by atoms with van der Waals surface area (Å²) in [6.07, 6.45) is 0.242. The van der Waals surface area contributed by atoms with Gasteiger partial charge in [0.05, 0.1) is 7.11 Å². The Kier molecular flexibility index (Phi) is 3.10. The predicted molar refractivity (Wildman–Crippen MR) is 76.1 cm³/mol. The van der Waals surface area contributed by atoms with Gasteiger partial charge in [-0.2, -0.15) is 0 Å². The van der Waals surface area contributed by atoms with E-state index < -0.39 is 0 Å². The molecule has 0 aromatic heterocycles. The Labute approximate surface area is 113 Å². The van der Waals surface area contributed by atoms with Crippen LogP contribution in [0.1, 0.15) is 17.2 Å². The maximum absolute atomic E-state index is 5.75. The van der Waals surface area contributed by atoms with E-state index in [4.69, 9.17) is 9.47 Å². The lowest BCUT2D eigenvalue weighted by molar-refractivity contribution is 0.397. The third kappa shape index (κ3) is 2.40. The molecule has 0 bridgehead atoms. The highest BCUT2D eigenvalue weighted by Crippen LogP contribution is 2.45. The van der Waals surface area contributed by atoms with Gasteiger partial charge in [0.15, 0.2) is 0 Å². The molecule has 0 amide bonds. The van der Waals surface area contributed by atoms with Crippen LogP contribution in [-0.4, -0.2) is 13.2 Å². The summed E-state index contributed by atoms with van der Waals surface area (Å²) < 4.78 is 10.9. The van der Waals surface area contributed by atoms with E-state index in [2.05, 4.69) is 18.7 Å². The van der Waals surface area contributed by atoms with Crippen molar-refractivity contribution in [1.82, 2.24) is 0 Å². The van der Waals surface area contributed by atoms with E-state index in [1.165, 1.54) is 5.56 Å². The van der Waals surface area contributed by atoms with Crippen LogP contribution in [0.5, 0.6) is 5.75 Å². The van der Waals surface area contributed by atoms with Crippen LogP contribution < -0.4 is 4.74 Å². The quantitative estimate of drug-likeness (QED) is 0.771. The third-order valence-electron chi connectivity index (χ3n) is 3.42. The van der Waals surface area contributed by atoms with Crippen LogP contribution in [0.25, 0.3) is 5.57 Å². The van der Waals surface area contributed by atoms with Crippen LogP contribution in [0.4, 0.5) is 0 Å². The molecule has 1 saturated heterocycles. The fourth-order valence-electron chi connectivity index (χ4n) is 2.24.